The maximum atomic E-state index is 9.64. The van der Waals surface area contributed by atoms with E-state index in [4.69, 9.17) is 0 Å². The van der Waals surface area contributed by atoms with Gasteiger partial charge in [0.2, 0.25) is 0 Å². The molecule has 1 spiro atoms. The van der Waals surface area contributed by atoms with E-state index >= 15 is 0 Å². The van der Waals surface area contributed by atoms with E-state index in [-0.39, 0.29) is 5.54 Å². The van der Waals surface area contributed by atoms with Crippen molar-refractivity contribution in [1.82, 2.24) is 5.32 Å². The molecule has 2 aliphatic carbocycles. The van der Waals surface area contributed by atoms with Crippen LogP contribution in [-0.4, -0.2) is 5.54 Å². The molecule has 0 unspecified atom stereocenters. The topological polar surface area (TPSA) is 35.8 Å². The van der Waals surface area contributed by atoms with Gasteiger partial charge in [-0.1, -0.05) is 43.2 Å². The van der Waals surface area contributed by atoms with Crippen LogP contribution in [0.2, 0.25) is 0 Å². The van der Waals surface area contributed by atoms with Crippen LogP contribution in [0.5, 0.6) is 0 Å². The van der Waals surface area contributed by atoms with Crippen LogP contribution < -0.4 is 5.32 Å². The third-order valence-corrected chi connectivity index (χ3v) is 5.52. The molecule has 0 aliphatic heterocycles. The number of benzene rings is 1. The summed E-state index contributed by atoms with van der Waals surface area (Å²) in [5, 5.41) is 13.2. The molecule has 2 fully saturated rings. The average molecular weight is 268 g/mol. The summed E-state index contributed by atoms with van der Waals surface area (Å²) < 4.78 is 0. The molecule has 0 aromatic heterocycles. The van der Waals surface area contributed by atoms with E-state index in [9.17, 15) is 5.26 Å². The fraction of sp³-hybridized carbons (Fsp3) is 0.611. The van der Waals surface area contributed by atoms with Crippen molar-refractivity contribution in [2.45, 2.75) is 63.5 Å². The third-order valence-electron chi connectivity index (χ3n) is 5.52. The van der Waals surface area contributed by atoms with Gasteiger partial charge in [0.05, 0.1) is 6.07 Å². The number of nitrogens with zero attached hydrogens (tertiary/aromatic N) is 1. The van der Waals surface area contributed by atoms with Gasteiger partial charge < -0.3 is 0 Å². The molecular weight excluding hydrogens is 244 g/mol. The minimum atomic E-state index is -0.288. The summed E-state index contributed by atoms with van der Waals surface area (Å²) in [6.45, 7) is 0.807. The van der Waals surface area contributed by atoms with Crippen molar-refractivity contribution in [3.05, 3.63) is 35.9 Å². The molecule has 1 aromatic carbocycles. The molecule has 0 saturated heterocycles. The second-order valence-electron chi connectivity index (χ2n) is 6.74. The number of hydrogen-bond acceptors (Lipinski definition) is 2. The Kier molecular flexibility index (Phi) is 3.81. The molecule has 2 heteroatoms. The maximum Gasteiger partial charge on any atom is 0.107 e. The Morgan fingerprint density at radius 2 is 1.60 bits per heavy atom. The van der Waals surface area contributed by atoms with Gasteiger partial charge in [0.1, 0.15) is 5.54 Å². The minimum Gasteiger partial charge on any atom is -0.295 e. The van der Waals surface area contributed by atoms with E-state index in [0.717, 1.165) is 19.4 Å². The maximum absolute atomic E-state index is 9.64. The van der Waals surface area contributed by atoms with Gasteiger partial charge in [0.25, 0.3) is 0 Å². The average Bonchev–Trinajstić information content (AvgIpc) is 2.97. The summed E-state index contributed by atoms with van der Waals surface area (Å²) >= 11 is 0. The number of hydrogen-bond donors (Lipinski definition) is 1. The summed E-state index contributed by atoms with van der Waals surface area (Å²) in [6.07, 6.45) is 10.1. The predicted octanol–water partition coefficient (Wildman–Crippen LogP) is 4.17. The first kappa shape index (κ1) is 13.6. The molecule has 106 valence electrons. The van der Waals surface area contributed by atoms with Gasteiger partial charge in [-0.3, -0.25) is 5.32 Å². The van der Waals surface area contributed by atoms with Gasteiger partial charge in [-0.05, 0) is 49.5 Å². The van der Waals surface area contributed by atoms with Crippen LogP contribution in [0.15, 0.2) is 30.3 Å². The highest BCUT2D eigenvalue weighted by Gasteiger charge is 2.43. The second kappa shape index (κ2) is 5.58. The fourth-order valence-electron chi connectivity index (χ4n) is 4.03. The molecule has 1 aromatic rings. The van der Waals surface area contributed by atoms with E-state index in [0.29, 0.717) is 5.41 Å². The first-order valence-electron chi connectivity index (χ1n) is 7.96. The van der Waals surface area contributed by atoms with Crippen molar-refractivity contribution >= 4 is 0 Å². The molecule has 3 rings (SSSR count). The number of nitrogens with one attached hydrogen (secondary N) is 1. The van der Waals surface area contributed by atoms with E-state index in [1.54, 1.807) is 0 Å². The molecule has 2 aliphatic rings. The van der Waals surface area contributed by atoms with Crippen molar-refractivity contribution in [2.24, 2.45) is 5.41 Å². The zero-order valence-corrected chi connectivity index (χ0v) is 12.2. The standard InChI is InChI=1S/C18H24N2/c19-15-18(20-14-16-6-2-1-3-7-16)12-10-17(11-13-18)8-4-5-9-17/h1-3,6-7,20H,4-5,8-14H2. The Morgan fingerprint density at radius 3 is 2.20 bits per heavy atom. The van der Waals surface area contributed by atoms with Crippen LogP contribution in [0, 0.1) is 16.7 Å². The van der Waals surface area contributed by atoms with Crippen LogP contribution in [-0.2, 0) is 6.54 Å². The zero-order chi connectivity index (χ0) is 13.9. The van der Waals surface area contributed by atoms with Crippen molar-refractivity contribution < 1.29 is 0 Å². The third kappa shape index (κ3) is 2.74. The normalized spacial score (nSPS) is 23.6. The summed E-state index contributed by atoms with van der Waals surface area (Å²) in [7, 11) is 0. The molecule has 1 N–H and O–H groups in total. The van der Waals surface area contributed by atoms with Gasteiger partial charge in [-0.2, -0.15) is 5.26 Å². The quantitative estimate of drug-likeness (QED) is 0.893. The minimum absolute atomic E-state index is 0.288. The molecule has 0 amide bonds. The molecular formula is C18H24N2. The molecule has 2 saturated carbocycles. The van der Waals surface area contributed by atoms with Crippen molar-refractivity contribution in [2.75, 3.05) is 0 Å². The van der Waals surface area contributed by atoms with Crippen LogP contribution in [0.3, 0.4) is 0 Å². The van der Waals surface area contributed by atoms with Crippen molar-refractivity contribution in [1.29, 1.82) is 5.26 Å². The van der Waals surface area contributed by atoms with Gasteiger partial charge >= 0.3 is 0 Å². The van der Waals surface area contributed by atoms with E-state index < -0.39 is 0 Å². The van der Waals surface area contributed by atoms with Gasteiger partial charge in [-0.25, -0.2) is 0 Å². The van der Waals surface area contributed by atoms with Gasteiger partial charge in [0.15, 0.2) is 0 Å². The lowest BCUT2D eigenvalue weighted by molar-refractivity contribution is 0.139. The van der Waals surface area contributed by atoms with Crippen LogP contribution in [0.1, 0.15) is 56.9 Å². The summed E-state index contributed by atoms with van der Waals surface area (Å²) in [4.78, 5) is 0. The highest BCUT2D eigenvalue weighted by molar-refractivity contribution is 5.17. The Hall–Kier alpha value is -1.33. The molecule has 0 heterocycles. The fourth-order valence-corrected chi connectivity index (χ4v) is 4.03. The lowest BCUT2D eigenvalue weighted by atomic mass is 9.67. The zero-order valence-electron chi connectivity index (χ0n) is 12.2. The number of nitriles is 1. The Labute approximate surface area is 122 Å². The number of rotatable bonds is 3. The van der Waals surface area contributed by atoms with Crippen LogP contribution in [0.25, 0.3) is 0 Å². The molecule has 0 atom stereocenters. The molecule has 0 radical (unpaired) electrons. The van der Waals surface area contributed by atoms with Gasteiger partial charge in [0, 0.05) is 6.54 Å². The van der Waals surface area contributed by atoms with Crippen LogP contribution >= 0.6 is 0 Å². The Balaban J connectivity index is 1.61. The van der Waals surface area contributed by atoms with Gasteiger partial charge in [-0.15, -0.1) is 0 Å². The largest absolute Gasteiger partial charge is 0.295 e. The first-order valence-corrected chi connectivity index (χ1v) is 7.96. The smallest absolute Gasteiger partial charge is 0.107 e. The lowest BCUT2D eigenvalue weighted by Gasteiger charge is -2.42. The molecule has 2 nitrogen and oxygen atoms in total. The Morgan fingerprint density at radius 1 is 0.950 bits per heavy atom. The summed E-state index contributed by atoms with van der Waals surface area (Å²) in [6, 6.07) is 13.0. The Bertz CT molecular complexity index is 470. The van der Waals surface area contributed by atoms with E-state index in [1.165, 1.54) is 44.1 Å². The lowest BCUT2D eigenvalue weighted by Crippen LogP contribution is -2.48. The molecule has 20 heavy (non-hydrogen) atoms. The highest BCUT2D eigenvalue weighted by Crippen LogP contribution is 2.51. The van der Waals surface area contributed by atoms with Crippen LogP contribution in [0.4, 0.5) is 0 Å². The molecule has 0 bridgehead atoms. The SMILES string of the molecule is N#CC1(NCc2ccccc2)CCC2(CCCC2)CC1. The summed E-state index contributed by atoms with van der Waals surface area (Å²) in [5.41, 5.74) is 1.57. The van der Waals surface area contributed by atoms with E-state index in [1.807, 2.05) is 6.07 Å². The summed E-state index contributed by atoms with van der Waals surface area (Å²) in [5.74, 6) is 0. The second-order valence-corrected chi connectivity index (χ2v) is 6.74. The first-order chi connectivity index (χ1) is 9.76. The van der Waals surface area contributed by atoms with Crippen molar-refractivity contribution in [3.63, 3.8) is 0 Å². The highest BCUT2D eigenvalue weighted by atomic mass is 15.0. The monoisotopic (exact) mass is 268 g/mol. The van der Waals surface area contributed by atoms with E-state index in [2.05, 4.69) is 35.7 Å². The predicted molar refractivity (Wildman–Crippen MR) is 81.0 cm³/mol. The van der Waals surface area contributed by atoms with Crippen molar-refractivity contribution in [3.8, 4) is 6.07 Å².